The molecule has 1 N–H and O–H groups in total. The highest BCUT2D eigenvalue weighted by molar-refractivity contribution is 7.17. The summed E-state index contributed by atoms with van der Waals surface area (Å²) in [5, 5.41) is 1.97. The topological polar surface area (TPSA) is 15.8 Å². The molecule has 0 bridgehead atoms. The normalized spacial score (nSPS) is 12.2. The number of halogens is 3. The predicted octanol–water partition coefficient (Wildman–Crippen LogP) is 4.92. The van der Waals surface area contributed by atoms with E-state index in [0.717, 1.165) is 33.6 Å². The van der Waals surface area contributed by atoms with Crippen LogP contribution in [0.2, 0.25) is 0 Å². The minimum Gasteiger partial charge on any atom is -0.354 e. The first-order valence-corrected chi connectivity index (χ1v) is 6.16. The van der Waals surface area contributed by atoms with Gasteiger partial charge in [0.05, 0.1) is 15.8 Å². The van der Waals surface area contributed by atoms with E-state index in [-0.39, 0.29) is 0 Å². The van der Waals surface area contributed by atoms with Crippen LogP contribution in [-0.4, -0.2) is 4.98 Å². The molecular weight excluding hydrogens is 259 g/mol. The van der Waals surface area contributed by atoms with Crippen LogP contribution >= 0.6 is 11.3 Å². The van der Waals surface area contributed by atoms with Gasteiger partial charge in [0.1, 0.15) is 0 Å². The van der Waals surface area contributed by atoms with E-state index in [1.807, 2.05) is 17.5 Å². The summed E-state index contributed by atoms with van der Waals surface area (Å²) >= 11 is 1.60. The number of benzene rings is 1. The lowest BCUT2D eigenvalue weighted by Crippen LogP contribution is -2.03. The first-order valence-electron chi connectivity index (χ1n) is 5.28. The number of aromatic amines is 1. The lowest BCUT2D eigenvalue weighted by molar-refractivity contribution is -0.137. The fourth-order valence-electron chi connectivity index (χ4n) is 1.84. The first kappa shape index (κ1) is 11.3. The number of nitrogens with one attached hydrogen (secondary N) is 1. The van der Waals surface area contributed by atoms with E-state index in [1.165, 1.54) is 12.1 Å². The molecule has 1 aromatic carbocycles. The summed E-state index contributed by atoms with van der Waals surface area (Å²) in [6, 6.07) is 9.07. The van der Waals surface area contributed by atoms with Crippen molar-refractivity contribution < 1.29 is 13.2 Å². The summed E-state index contributed by atoms with van der Waals surface area (Å²) in [6.07, 6.45) is -4.28. The number of alkyl halides is 3. The molecule has 3 rings (SSSR count). The predicted molar refractivity (Wildman–Crippen MR) is 66.6 cm³/mol. The molecule has 92 valence electrons. The second-order valence-electron chi connectivity index (χ2n) is 3.96. The van der Waals surface area contributed by atoms with E-state index in [9.17, 15) is 13.2 Å². The summed E-state index contributed by atoms with van der Waals surface area (Å²) in [5.41, 5.74) is 1.98. The molecule has 0 fully saturated rings. The van der Waals surface area contributed by atoms with E-state index >= 15 is 0 Å². The van der Waals surface area contributed by atoms with E-state index in [1.54, 1.807) is 11.3 Å². The van der Waals surface area contributed by atoms with Crippen molar-refractivity contribution in [2.24, 2.45) is 0 Å². The molecule has 0 atom stereocenters. The summed E-state index contributed by atoms with van der Waals surface area (Å²) in [4.78, 5) is 3.18. The van der Waals surface area contributed by atoms with Crippen molar-refractivity contribution in [3.8, 4) is 11.3 Å². The van der Waals surface area contributed by atoms with Gasteiger partial charge in [-0.2, -0.15) is 13.2 Å². The van der Waals surface area contributed by atoms with Crippen molar-refractivity contribution in [1.82, 2.24) is 4.98 Å². The average Bonchev–Trinajstić information content (AvgIpc) is 2.88. The number of thiophene rings is 1. The zero-order valence-corrected chi connectivity index (χ0v) is 9.90. The Kier molecular flexibility index (Phi) is 2.45. The summed E-state index contributed by atoms with van der Waals surface area (Å²) < 4.78 is 38.4. The van der Waals surface area contributed by atoms with Crippen molar-refractivity contribution in [2.75, 3.05) is 0 Å². The van der Waals surface area contributed by atoms with Gasteiger partial charge < -0.3 is 4.98 Å². The number of hydrogen-bond donors (Lipinski definition) is 1. The lowest BCUT2D eigenvalue weighted by Gasteiger charge is -2.06. The molecule has 0 amide bonds. The molecule has 0 spiro atoms. The molecule has 0 unspecified atom stereocenters. The number of aromatic nitrogens is 1. The van der Waals surface area contributed by atoms with Gasteiger partial charge in [-0.15, -0.1) is 11.3 Å². The van der Waals surface area contributed by atoms with Crippen LogP contribution in [0.3, 0.4) is 0 Å². The van der Waals surface area contributed by atoms with Gasteiger partial charge in [-0.1, -0.05) is 12.1 Å². The highest BCUT2D eigenvalue weighted by Gasteiger charge is 2.29. The highest BCUT2D eigenvalue weighted by atomic mass is 32.1. The van der Waals surface area contributed by atoms with Gasteiger partial charge in [-0.25, -0.2) is 0 Å². The molecule has 18 heavy (non-hydrogen) atoms. The van der Waals surface area contributed by atoms with Gasteiger partial charge in [0.25, 0.3) is 0 Å². The first-order chi connectivity index (χ1) is 8.54. The van der Waals surface area contributed by atoms with Crippen molar-refractivity contribution >= 4 is 21.6 Å². The molecule has 3 aromatic rings. The minimum atomic E-state index is -4.28. The van der Waals surface area contributed by atoms with Gasteiger partial charge in [-0.3, -0.25) is 0 Å². The zero-order valence-electron chi connectivity index (χ0n) is 9.08. The van der Waals surface area contributed by atoms with Crippen LogP contribution in [0.15, 0.2) is 41.8 Å². The van der Waals surface area contributed by atoms with Crippen molar-refractivity contribution in [1.29, 1.82) is 0 Å². The maximum absolute atomic E-state index is 12.4. The van der Waals surface area contributed by atoms with Crippen LogP contribution in [0.25, 0.3) is 21.5 Å². The SMILES string of the molecule is FC(F)(F)c1ccc(-c2cc3sccc3[nH]2)cc1. The molecule has 0 saturated carbocycles. The largest absolute Gasteiger partial charge is 0.416 e. The quantitative estimate of drug-likeness (QED) is 0.644. The van der Waals surface area contributed by atoms with Gasteiger partial charge in [0.2, 0.25) is 0 Å². The van der Waals surface area contributed by atoms with E-state index in [0.29, 0.717) is 0 Å². The van der Waals surface area contributed by atoms with Gasteiger partial charge in [-0.05, 0) is 35.2 Å². The number of H-pyrrole nitrogens is 1. The van der Waals surface area contributed by atoms with Gasteiger partial charge >= 0.3 is 6.18 Å². The average molecular weight is 267 g/mol. The Morgan fingerprint density at radius 3 is 2.33 bits per heavy atom. The lowest BCUT2D eigenvalue weighted by atomic mass is 10.1. The van der Waals surface area contributed by atoms with Crippen LogP contribution in [0.1, 0.15) is 5.56 Å². The standard InChI is InChI=1S/C13H8F3NS/c14-13(15,16)9-3-1-8(2-4-9)11-7-12-10(17-11)5-6-18-12/h1-7,17H. The number of rotatable bonds is 1. The third-order valence-electron chi connectivity index (χ3n) is 2.76. The minimum absolute atomic E-state index is 0.625. The maximum atomic E-state index is 12.4. The second-order valence-corrected chi connectivity index (χ2v) is 4.90. The molecule has 0 aliphatic heterocycles. The number of fused-ring (bicyclic) bond motifs is 1. The van der Waals surface area contributed by atoms with Crippen LogP contribution in [0, 0.1) is 0 Å². The smallest absolute Gasteiger partial charge is 0.354 e. The van der Waals surface area contributed by atoms with Crippen LogP contribution in [0.4, 0.5) is 13.2 Å². The molecule has 5 heteroatoms. The summed E-state index contributed by atoms with van der Waals surface area (Å²) in [6.45, 7) is 0. The van der Waals surface area contributed by atoms with E-state index in [4.69, 9.17) is 0 Å². The van der Waals surface area contributed by atoms with Gasteiger partial charge in [0.15, 0.2) is 0 Å². The summed E-state index contributed by atoms with van der Waals surface area (Å²) in [7, 11) is 0. The van der Waals surface area contributed by atoms with Crippen LogP contribution in [0.5, 0.6) is 0 Å². The van der Waals surface area contributed by atoms with Crippen molar-refractivity contribution in [3.05, 3.63) is 47.3 Å². The Morgan fingerprint density at radius 2 is 1.72 bits per heavy atom. The molecule has 0 aliphatic rings. The van der Waals surface area contributed by atoms with Crippen LogP contribution < -0.4 is 0 Å². The van der Waals surface area contributed by atoms with E-state index < -0.39 is 11.7 Å². The molecule has 0 saturated heterocycles. The van der Waals surface area contributed by atoms with Crippen molar-refractivity contribution in [3.63, 3.8) is 0 Å². The van der Waals surface area contributed by atoms with Gasteiger partial charge in [0, 0.05) is 5.69 Å². The Bertz CT molecular complexity index is 648. The molecule has 1 nitrogen and oxygen atoms in total. The number of hydrogen-bond acceptors (Lipinski definition) is 1. The Labute approximate surface area is 105 Å². The summed E-state index contributed by atoms with van der Waals surface area (Å²) in [5.74, 6) is 0. The fourth-order valence-corrected chi connectivity index (χ4v) is 2.63. The molecule has 2 aromatic heterocycles. The molecule has 0 radical (unpaired) electrons. The third kappa shape index (κ3) is 1.90. The Morgan fingerprint density at radius 1 is 1.00 bits per heavy atom. The second kappa shape index (κ2) is 3.88. The maximum Gasteiger partial charge on any atom is 0.416 e. The Hall–Kier alpha value is -1.75. The van der Waals surface area contributed by atoms with Crippen molar-refractivity contribution in [2.45, 2.75) is 6.18 Å². The van der Waals surface area contributed by atoms with Crippen LogP contribution in [-0.2, 0) is 6.18 Å². The molecule has 0 aliphatic carbocycles. The fraction of sp³-hybridized carbons (Fsp3) is 0.0769. The molecular formula is C13H8F3NS. The zero-order chi connectivity index (χ0) is 12.8. The third-order valence-corrected chi connectivity index (χ3v) is 3.63. The molecule has 2 heterocycles. The monoisotopic (exact) mass is 267 g/mol. The van der Waals surface area contributed by atoms with E-state index in [2.05, 4.69) is 4.98 Å². The Balaban J connectivity index is 2.00. The highest BCUT2D eigenvalue weighted by Crippen LogP contribution is 2.32.